The number of nitrogens with zero attached hydrogens (tertiary/aromatic N) is 2. The number of aryl methyl sites for hydroxylation is 2. The second kappa shape index (κ2) is 10.4. The quantitative estimate of drug-likeness (QED) is 0.521. The van der Waals surface area contributed by atoms with E-state index in [4.69, 9.17) is 0 Å². The molecule has 2 N–H and O–H groups in total. The molecule has 37 heavy (non-hydrogen) atoms. The highest BCUT2D eigenvalue weighted by Gasteiger charge is 2.40. The van der Waals surface area contributed by atoms with Gasteiger partial charge in [0.2, 0.25) is 21.8 Å². The molecule has 2 aromatic carbocycles. The maximum atomic E-state index is 13.3. The molecule has 192 valence electrons. The first-order valence-electron chi connectivity index (χ1n) is 12.5. The summed E-state index contributed by atoms with van der Waals surface area (Å²) in [7, 11) is -3.93. The van der Waals surface area contributed by atoms with Crippen molar-refractivity contribution >= 4 is 21.8 Å². The molecule has 5 rings (SSSR count). The molecular formula is C28H30N4O4S. The maximum Gasteiger partial charge on any atom is 0.243 e. The maximum absolute atomic E-state index is 13.3. The second-order valence-corrected chi connectivity index (χ2v) is 11.5. The van der Waals surface area contributed by atoms with E-state index < -0.39 is 22.0 Å². The van der Waals surface area contributed by atoms with E-state index in [1.807, 2.05) is 37.4 Å². The van der Waals surface area contributed by atoms with Crippen LogP contribution in [-0.2, 0) is 26.0 Å². The fourth-order valence-corrected chi connectivity index (χ4v) is 6.72. The molecule has 1 aromatic heterocycles. The molecule has 2 amide bonds. The van der Waals surface area contributed by atoms with Crippen molar-refractivity contribution in [2.45, 2.75) is 49.6 Å². The van der Waals surface area contributed by atoms with Crippen LogP contribution < -0.4 is 10.6 Å². The summed E-state index contributed by atoms with van der Waals surface area (Å²) in [6.07, 6.45) is 5.96. The molecule has 9 heteroatoms. The summed E-state index contributed by atoms with van der Waals surface area (Å²) in [6.45, 7) is 2.20. The molecule has 3 aromatic rings. The van der Waals surface area contributed by atoms with Crippen molar-refractivity contribution in [3.63, 3.8) is 0 Å². The number of carbonyl (C=O) groups excluding carboxylic acids is 2. The number of pyridine rings is 1. The van der Waals surface area contributed by atoms with Crippen LogP contribution in [0.1, 0.15) is 42.0 Å². The Morgan fingerprint density at radius 3 is 2.70 bits per heavy atom. The Bertz CT molecular complexity index is 1410. The van der Waals surface area contributed by atoms with Gasteiger partial charge in [-0.25, -0.2) is 8.42 Å². The molecule has 1 fully saturated rings. The van der Waals surface area contributed by atoms with E-state index in [0.717, 1.165) is 45.8 Å². The molecule has 0 bridgehead atoms. The zero-order valence-corrected chi connectivity index (χ0v) is 21.5. The number of sulfonamides is 1. The number of hydrogen-bond acceptors (Lipinski definition) is 5. The van der Waals surface area contributed by atoms with Crippen LogP contribution in [0, 0.1) is 6.92 Å². The number of amides is 2. The van der Waals surface area contributed by atoms with Crippen molar-refractivity contribution in [3.05, 3.63) is 83.7 Å². The lowest BCUT2D eigenvalue weighted by atomic mass is 9.85. The first kappa shape index (κ1) is 25.1. The Morgan fingerprint density at radius 1 is 1.14 bits per heavy atom. The number of rotatable bonds is 6. The number of fused-ring (bicyclic) bond motifs is 1. The number of benzene rings is 2. The van der Waals surface area contributed by atoms with E-state index in [0.29, 0.717) is 0 Å². The topological polar surface area (TPSA) is 108 Å². The minimum absolute atomic E-state index is 0.114. The van der Waals surface area contributed by atoms with Gasteiger partial charge < -0.3 is 10.6 Å². The van der Waals surface area contributed by atoms with Crippen molar-refractivity contribution < 1.29 is 18.0 Å². The van der Waals surface area contributed by atoms with Crippen molar-refractivity contribution in [2.75, 3.05) is 13.1 Å². The summed E-state index contributed by atoms with van der Waals surface area (Å²) in [5, 5.41) is 5.78. The van der Waals surface area contributed by atoms with Crippen LogP contribution in [0.3, 0.4) is 0 Å². The van der Waals surface area contributed by atoms with Gasteiger partial charge in [0.05, 0.1) is 17.4 Å². The molecule has 2 atom stereocenters. The summed E-state index contributed by atoms with van der Waals surface area (Å²) >= 11 is 0. The van der Waals surface area contributed by atoms with Gasteiger partial charge in [-0.05, 0) is 66.6 Å². The van der Waals surface area contributed by atoms with Crippen LogP contribution in [0.2, 0.25) is 0 Å². The number of hydrogen-bond donors (Lipinski definition) is 2. The van der Waals surface area contributed by atoms with Gasteiger partial charge >= 0.3 is 0 Å². The summed E-state index contributed by atoms with van der Waals surface area (Å²) in [6, 6.07) is 15.4. The van der Waals surface area contributed by atoms with Crippen LogP contribution >= 0.6 is 0 Å². The molecule has 1 saturated heterocycles. The first-order valence-corrected chi connectivity index (χ1v) is 14.0. The van der Waals surface area contributed by atoms with Gasteiger partial charge in [0.15, 0.2) is 0 Å². The van der Waals surface area contributed by atoms with Gasteiger partial charge in [0, 0.05) is 25.5 Å². The van der Waals surface area contributed by atoms with Gasteiger partial charge in [-0.3, -0.25) is 14.6 Å². The summed E-state index contributed by atoms with van der Waals surface area (Å²) < 4.78 is 27.9. The van der Waals surface area contributed by atoms with E-state index in [-0.39, 0.29) is 36.4 Å². The number of aromatic nitrogens is 1. The number of nitrogens with one attached hydrogen (secondary N) is 2. The molecule has 0 saturated carbocycles. The predicted octanol–water partition coefficient (Wildman–Crippen LogP) is 3.13. The van der Waals surface area contributed by atoms with E-state index >= 15 is 0 Å². The van der Waals surface area contributed by atoms with E-state index in [1.165, 1.54) is 17.7 Å². The Morgan fingerprint density at radius 2 is 1.95 bits per heavy atom. The summed E-state index contributed by atoms with van der Waals surface area (Å²) in [5.74, 6) is -0.803. The summed E-state index contributed by atoms with van der Waals surface area (Å²) in [5.41, 5.74) is 5.29. The third-order valence-corrected chi connectivity index (χ3v) is 9.00. The molecule has 2 heterocycles. The van der Waals surface area contributed by atoms with E-state index in [2.05, 4.69) is 21.7 Å². The monoisotopic (exact) mass is 518 g/mol. The summed E-state index contributed by atoms with van der Waals surface area (Å²) in [4.78, 5) is 30.2. The second-order valence-electron chi connectivity index (χ2n) is 9.61. The van der Waals surface area contributed by atoms with Gasteiger partial charge in [0.1, 0.15) is 6.04 Å². The van der Waals surface area contributed by atoms with Crippen molar-refractivity contribution in [2.24, 2.45) is 0 Å². The third-order valence-electron chi connectivity index (χ3n) is 7.08. The molecule has 0 radical (unpaired) electrons. The zero-order valence-electron chi connectivity index (χ0n) is 20.7. The molecule has 1 aliphatic carbocycles. The molecular weight excluding hydrogens is 488 g/mol. The largest absolute Gasteiger partial charge is 0.353 e. The Balaban J connectivity index is 1.33. The predicted molar refractivity (Wildman–Crippen MR) is 140 cm³/mol. The van der Waals surface area contributed by atoms with Crippen LogP contribution in [0.5, 0.6) is 0 Å². The standard InChI is InChI=1S/C28H30N4O4S/c1-19-7-10-23(11-8-19)37(35,36)32-15-14-30-28(34)26(32)17-27(33)31-25-6-2-4-21-16-20(9-12-24(21)25)22-5-3-13-29-18-22/h3,5,7-13,16,18,25-26H,2,4,6,14-15,17H2,1H3,(H,30,34)(H,31,33)/t25-,26-/m1/s1. The lowest BCUT2D eigenvalue weighted by Gasteiger charge is -2.34. The number of piperazine rings is 1. The average Bonchev–Trinajstić information content (AvgIpc) is 2.90. The number of carbonyl (C=O) groups is 2. The van der Waals surface area contributed by atoms with Crippen molar-refractivity contribution in [1.29, 1.82) is 0 Å². The van der Waals surface area contributed by atoms with Gasteiger partial charge in [0.25, 0.3) is 0 Å². The minimum Gasteiger partial charge on any atom is -0.353 e. The fraction of sp³-hybridized carbons (Fsp3) is 0.321. The molecule has 0 unspecified atom stereocenters. The van der Waals surface area contributed by atoms with Crippen molar-refractivity contribution in [1.82, 2.24) is 19.9 Å². The van der Waals surface area contributed by atoms with E-state index in [1.54, 1.807) is 18.3 Å². The highest BCUT2D eigenvalue weighted by Crippen LogP contribution is 2.33. The molecule has 8 nitrogen and oxygen atoms in total. The zero-order chi connectivity index (χ0) is 26.0. The van der Waals surface area contributed by atoms with Gasteiger partial charge in [-0.2, -0.15) is 4.31 Å². The Kier molecular flexibility index (Phi) is 7.08. The fourth-order valence-electron chi connectivity index (χ4n) is 5.13. The molecule has 1 aliphatic heterocycles. The van der Waals surface area contributed by atoms with Crippen LogP contribution in [0.4, 0.5) is 0 Å². The minimum atomic E-state index is -3.93. The highest BCUT2D eigenvalue weighted by atomic mass is 32.2. The SMILES string of the molecule is Cc1ccc(S(=O)(=O)N2CCNC(=O)[C@H]2CC(=O)N[C@@H]2CCCc3cc(-c4cccnc4)ccc32)cc1. The molecule has 2 aliphatic rings. The third kappa shape index (κ3) is 5.28. The lowest BCUT2D eigenvalue weighted by molar-refractivity contribution is -0.132. The Hall–Kier alpha value is -3.56. The van der Waals surface area contributed by atoms with Crippen LogP contribution in [0.15, 0.2) is 71.9 Å². The smallest absolute Gasteiger partial charge is 0.243 e. The van der Waals surface area contributed by atoms with Crippen LogP contribution in [0.25, 0.3) is 11.1 Å². The normalized spacial score (nSPS) is 20.1. The highest BCUT2D eigenvalue weighted by molar-refractivity contribution is 7.89. The lowest BCUT2D eigenvalue weighted by Crippen LogP contribution is -2.58. The Labute approximate surface area is 217 Å². The van der Waals surface area contributed by atoms with Gasteiger partial charge in [-0.1, -0.05) is 42.0 Å². The van der Waals surface area contributed by atoms with E-state index in [9.17, 15) is 18.0 Å². The van der Waals surface area contributed by atoms with Gasteiger partial charge in [-0.15, -0.1) is 0 Å². The first-order chi connectivity index (χ1) is 17.8. The van der Waals surface area contributed by atoms with Crippen molar-refractivity contribution in [3.8, 4) is 11.1 Å². The molecule has 0 spiro atoms. The average molecular weight is 519 g/mol. The van der Waals surface area contributed by atoms with Crippen LogP contribution in [-0.4, -0.2) is 48.7 Å².